The highest BCUT2D eigenvalue weighted by atomic mass is 16.5. The van der Waals surface area contributed by atoms with Gasteiger partial charge in [0.15, 0.2) is 0 Å². The molecule has 2 heterocycles. The molecular formula is C12H22N2O4. The molecule has 0 aromatic rings. The number of nitrogens with one attached hydrogen (secondary N) is 1. The number of hydrogen-bond acceptors (Lipinski definition) is 5. The van der Waals surface area contributed by atoms with Crippen LogP contribution in [0.4, 0.5) is 0 Å². The topological polar surface area (TPSA) is 93.8 Å². The quantitative estimate of drug-likeness (QED) is 0.604. The number of ether oxygens (including phenoxy) is 2. The van der Waals surface area contributed by atoms with Gasteiger partial charge in [0.2, 0.25) is 5.91 Å². The van der Waals surface area contributed by atoms with Gasteiger partial charge in [-0.25, -0.2) is 0 Å². The van der Waals surface area contributed by atoms with Gasteiger partial charge in [0.1, 0.15) is 5.60 Å². The van der Waals surface area contributed by atoms with Crippen molar-refractivity contribution >= 4 is 5.91 Å². The lowest BCUT2D eigenvalue weighted by atomic mass is 9.84. The van der Waals surface area contributed by atoms with Gasteiger partial charge in [0.25, 0.3) is 0 Å². The number of aliphatic hydroxyl groups is 1. The third-order valence-electron chi connectivity index (χ3n) is 4.25. The average Bonchev–Trinajstić information content (AvgIpc) is 2.83. The molecule has 4 N–H and O–H groups in total. The molecule has 1 amide bonds. The highest BCUT2D eigenvalue weighted by Gasteiger charge is 2.46. The van der Waals surface area contributed by atoms with Crippen LogP contribution in [0.15, 0.2) is 0 Å². The molecule has 0 radical (unpaired) electrons. The second-order valence-electron chi connectivity index (χ2n) is 5.59. The van der Waals surface area contributed by atoms with E-state index in [4.69, 9.17) is 15.2 Å². The predicted molar refractivity (Wildman–Crippen MR) is 64.9 cm³/mol. The summed E-state index contributed by atoms with van der Waals surface area (Å²) in [6, 6.07) is -0.301. The van der Waals surface area contributed by atoms with Gasteiger partial charge in [-0.15, -0.1) is 0 Å². The van der Waals surface area contributed by atoms with E-state index in [-0.39, 0.29) is 24.6 Å². The van der Waals surface area contributed by atoms with E-state index >= 15 is 0 Å². The molecule has 0 saturated carbocycles. The van der Waals surface area contributed by atoms with Crippen molar-refractivity contribution in [3.8, 4) is 0 Å². The first-order chi connectivity index (χ1) is 8.38. The zero-order chi connectivity index (χ0) is 13.4. The summed E-state index contributed by atoms with van der Waals surface area (Å²) in [6.45, 7) is 5.03. The standard InChI is InChI=1S/C12H22N2O4/c1-8-12(16,3-4-18-8)6-14-10(15)11(2)7-17-5-9(11)13/h8-9,16H,3-7,13H2,1-2H3,(H,14,15). The average molecular weight is 258 g/mol. The maximum absolute atomic E-state index is 12.2. The SMILES string of the molecule is CC1OCCC1(O)CNC(=O)C1(C)COCC1N. The van der Waals surface area contributed by atoms with Crippen molar-refractivity contribution in [2.45, 2.75) is 38.0 Å². The van der Waals surface area contributed by atoms with Crippen LogP contribution in [0.25, 0.3) is 0 Å². The molecule has 0 aromatic heterocycles. The Morgan fingerprint density at radius 2 is 2.33 bits per heavy atom. The van der Waals surface area contributed by atoms with Crippen LogP contribution in [0, 0.1) is 5.41 Å². The normalized spacial score (nSPS) is 44.2. The van der Waals surface area contributed by atoms with Gasteiger partial charge in [-0.05, 0) is 13.8 Å². The highest BCUT2D eigenvalue weighted by Crippen LogP contribution is 2.28. The van der Waals surface area contributed by atoms with Gasteiger partial charge in [-0.3, -0.25) is 4.79 Å². The Morgan fingerprint density at radius 1 is 1.61 bits per heavy atom. The van der Waals surface area contributed by atoms with Crippen LogP contribution in [-0.2, 0) is 14.3 Å². The molecular weight excluding hydrogens is 236 g/mol. The summed E-state index contributed by atoms with van der Waals surface area (Å²) in [5, 5.41) is 13.1. The molecule has 2 aliphatic rings. The first-order valence-electron chi connectivity index (χ1n) is 6.34. The van der Waals surface area contributed by atoms with Crippen LogP contribution in [0.3, 0.4) is 0 Å². The van der Waals surface area contributed by atoms with E-state index in [2.05, 4.69) is 5.32 Å². The Labute approximate surface area is 107 Å². The van der Waals surface area contributed by atoms with Crippen molar-refractivity contribution in [2.75, 3.05) is 26.4 Å². The molecule has 2 saturated heterocycles. The second kappa shape index (κ2) is 4.77. The lowest BCUT2D eigenvalue weighted by Crippen LogP contribution is -2.54. The van der Waals surface area contributed by atoms with Crippen LogP contribution in [0.1, 0.15) is 20.3 Å². The minimum atomic E-state index is -0.977. The Bertz CT molecular complexity index is 338. The van der Waals surface area contributed by atoms with Gasteiger partial charge < -0.3 is 25.6 Å². The third-order valence-corrected chi connectivity index (χ3v) is 4.25. The molecule has 2 fully saturated rings. The monoisotopic (exact) mass is 258 g/mol. The fourth-order valence-electron chi connectivity index (χ4n) is 2.36. The molecule has 18 heavy (non-hydrogen) atoms. The molecule has 4 unspecified atom stereocenters. The number of carbonyl (C=O) groups excluding carboxylic acids is 1. The molecule has 0 bridgehead atoms. The van der Waals surface area contributed by atoms with Crippen molar-refractivity contribution in [3.05, 3.63) is 0 Å². The third kappa shape index (κ3) is 2.25. The Kier molecular flexibility index (Phi) is 3.64. The maximum atomic E-state index is 12.2. The van der Waals surface area contributed by atoms with Gasteiger partial charge in [-0.2, -0.15) is 0 Å². The van der Waals surface area contributed by atoms with Crippen LogP contribution in [-0.4, -0.2) is 55.1 Å². The number of carbonyl (C=O) groups is 1. The fourth-order valence-corrected chi connectivity index (χ4v) is 2.36. The van der Waals surface area contributed by atoms with Gasteiger partial charge >= 0.3 is 0 Å². The molecule has 6 nitrogen and oxygen atoms in total. The molecule has 2 aliphatic heterocycles. The number of nitrogens with two attached hydrogens (primary N) is 1. The lowest BCUT2D eigenvalue weighted by Gasteiger charge is -2.30. The van der Waals surface area contributed by atoms with E-state index in [1.807, 2.05) is 6.92 Å². The summed E-state index contributed by atoms with van der Waals surface area (Å²) in [6.07, 6.45) is 0.271. The van der Waals surface area contributed by atoms with E-state index in [0.717, 1.165) is 0 Å². The van der Waals surface area contributed by atoms with E-state index in [1.165, 1.54) is 0 Å². The molecule has 4 atom stereocenters. The second-order valence-corrected chi connectivity index (χ2v) is 5.59. The summed E-state index contributed by atoms with van der Waals surface area (Å²) in [5.41, 5.74) is 4.20. The number of amides is 1. The van der Waals surface area contributed by atoms with Gasteiger partial charge in [0.05, 0.1) is 24.7 Å². The van der Waals surface area contributed by atoms with Crippen molar-refractivity contribution in [3.63, 3.8) is 0 Å². The van der Waals surface area contributed by atoms with Crippen molar-refractivity contribution in [1.82, 2.24) is 5.32 Å². The van der Waals surface area contributed by atoms with Gasteiger partial charge in [-0.1, -0.05) is 0 Å². The summed E-state index contributed by atoms with van der Waals surface area (Å²) in [5.74, 6) is -0.167. The van der Waals surface area contributed by atoms with Gasteiger partial charge in [0, 0.05) is 25.6 Å². The van der Waals surface area contributed by atoms with E-state index in [1.54, 1.807) is 6.92 Å². The number of rotatable bonds is 3. The van der Waals surface area contributed by atoms with Crippen molar-refractivity contribution in [1.29, 1.82) is 0 Å². The van der Waals surface area contributed by atoms with Crippen molar-refractivity contribution in [2.24, 2.45) is 11.1 Å². The summed E-state index contributed by atoms with van der Waals surface area (Å²) in [4.78, 5) is 12.2. The number of hydrogen-bond donors (Lipinski definition) is 3. The lowest BCUT2D eigenvalue weighted by molar-refractivity contribution is -0.132. The van der Waals surface area contributed by atoms with E-state index in [9.17, 15) is 9.90 Å². The maximum Gasteiger partial charge on any atom is 0.230 e. The largest absolute Gasteiger partial charge is 0.385 e. The summed E-state index contributed by atoms with van der Waals surface area (Å²) in [7, 11) is 0. The summed E-state index contributed by atoms with van der Waals surface area (Å²) >= 11 is 0. The van der Waals surface area contributed by atoms with E-state index < -0.39 is 11.0 Å². The van der Waals surface area contributed by atoms with Crippen LogP contribution in [0.2, 0.25) is 0 Å². The molecule has 104 valence electrons. The zero-order valence-corrected chi connectivity index (χ0v) is 10.9. The van der Waals surface area contributed by atoms with Crippen LogP contribution < -0.4 is 11.1 Å². The summed E-state index contributed by atoms with van der Waals surface area (Å²) < 4.78 is 10.6. The minimum absolute atomic E-state index is 0.167. The smallest absolute Gasteiger partial charge is 0.230 e. The van der Waals surface area contributed by atoms with Crippen LogP contribution >= 0.6 is 0 Å². The molecule has 0 aliphatic carbocycles. The molecule has 6 heteroatoms. The Morgan fingerprint density at radius 3 is 2.83 bits per heavy atom. The first kappa shape index (κ1) is 13.7. The van der Waals surface area contributed by atoms with Crippen molar-refractivity contribution < 1.29 is 19.4 Å². The first-order valence-corrected chi connectivity index (χ1v) is 6.34. The van der Waals surface area contributed by atoms with Crippen LogP contribution in [0.5, 0.6) is 0 Å². The molecule has 0 spiro atoms. The molecule has 2 rings (SSSR count). The van der Waals surface area contributed by atoms with E-state index in [0.29, 0.717) is 26.2 Å². The minimum Gasteiger partial charge on any atom is -0.385 e. The Balaban J connectivity index is 1.92. The zero-order valence-electron chi connectivity index (χ0n) is 10.9. The predicted octanol–water partition coefficient (Wildman–Crippen LogP) is -0.994. The molecule has 0 aromatic carbocycles. The highest BCUT2D eigenvalue weighted by molar-refractivity contribution is 5.83. The Hall–Kier alpha value is -0.690. The fraction of sp³-hybridized carbons (Fsp3) is 0.917.